The highest BCUT2D eigenvalue weighted by molar-refractivity contribution is 7.90. The van der Waals surface area contributed by atoms with Gasteiger partial charge in [-0.15, -0.1) is 0 Å². The fourth-order valence-electron chi connectivity index (χ4n) is 1.10. The van der Waals surface area contributed by atoms with Crippen molar-refractivity contribution in [1.29, 1.82) is 0 Å². The highest BCUT2D eigenvalue weighted by Crippen LogP contribution is 2.28. The summed E-state index contributed by atoms with van der Waals surface area (Å²) in [5, 5.41) is 24.4. The van der Waals surface area contributed by atoms with Gasteiger partial charge in [-0.1, -0.05) is 12.1 Å². The first-order chi connectivity index (χ1) is 7.75. The largest absolute Gasteiger partial charge is 0.353 e. The van der Waals surface area contributed by atoms with Crippen molar-refractivity contribution in [2.75, 3.05) is 4.41 Å². The van der Waals surface area contributed by atoms with E-state index in [2.05, 4.69) is 5.14 Å². The van der Waals surface area contributed by atoms with Crippen LogP contribution in [0.15, 0.2) is 24.3 Å². The van der Waals surface area contributed by atoms with Gasteiger partial charge >= 0.3 is 10.2 Å². The van der Waals surface area contributed by atoms with Crippen molar-refractivity contribution in [2.24, 2.45) is 5.14 Å². The third kappa shape index (κ3) is 2.64. The lowest BCUT2D eigenvalue weighted by Gasteiger charge is -2.10. The van der Waals surface area contributed by atoms with Crippen LogP contribution in [0, 0.1) is 20.2 Å². The van der Waals surface area contributed by atoms with Gasteiger partial charge in [-0.05, 0) is 6.07 Å². The van der Waals surface area contributed by atoms with Crippen LogP contribution >= 0.6 is 0 Å². The average Bonchev–Trinajstić information content (AvgIpc) is 2.15. The first-order valence-corrected chi connectivity index (χ1v) is 5.46. The molecule has 0 heterocycles. The molecular weight excluding hydrogens is 256 g/mol. The lowest BCUT2D eigenvalue weighted by atomic mass is 10.3. The Bertz CT molecular complexity index is 570. The summed E-state index contributed by atoms with van der Waals surface area (Å²) in [6.07, 6.45) is 0. The lowest BCUT2D eigenvalue weighted by Crippen LogP contribution is -2.41. The van der Waals surface area contributed by atoms with Crippen molar-refractivity contribution < 1.29 is 18.4 Å². The Morgan fingerprint density at radius 2 is 1.71 bits per heavy atom. The molecule has 1 rings (SSSR count). The normalized spacial score (nSPS) is 10.9. The zero-order valence-electron chi connectivity index (χ0n) is 8.09. The van der Waals surface area contributed by atoms with Crippen LogP contribution in [0.5, 0.6) is 0 Å². The number of rotatable bonds is 4. The molecular formula is C6H6N4O6S. The molecule has 0 unspecified atom stereocenters. The fraction of sp³-hybridized carbons (Fsp3) is 0. The minimum Gasteiger partial charge on any atom is -0.258 e. The van der Waals surface area contributed by atoms with Crippen LogP contribution in [-0.4, -0.2) is 18.4 Å². The number of nitro groups is 2. The molecule has 1 aromatic carbocycles. The van der Waals surface area contributed by atoms with Gasteiger partial charge in [0.1, 0.15) is 0 Å². The SMILES string of the molecule is NS(=O)(=O)N(c1ccccc1[N+](=O)[O-])[N+](=O)[O-]. The van der Waals surface area contributed by atoms with E-state index in [9.17, 15) is 28.6 Å². The number of nitrogens with two attached hydrogens (primary N) is 1. The number of anilines is 1. The van der Waals surface area contributed by atoms with Gasteiger partial charge < -0.3 is 0 Å². The third-order valence-corrected chi connectivity index (χ3v) is 2.49. The van der Waals surface area contributed by atoms with Crippen LogP contribution in [0.1, 0.15) is 0 Å². The Morgan fingerprint density at radius 1 is 1.18 bits per heavy atom. The van der Waals surface area contributed by atoms with Crippen LogP contribution in [0.2, 0.25) is 0 Å². The minimum absolute atomic E-state index is 0.453. The first-order valence-electron chi connectivity index (χ1n) is 3.96. The molecule has 0 aliphatic carbocycles. The molecule has 17 heavy (non-hydrogen) atoms. The summed E-state index contributed by atoms with van der Waals surface area (Å²) in [5.74, 6) is 0. The van der Waals surface area contributed by atoms with Crippen molar-refractivity contribution in [2.45, 2.75) is 0 Å². The first kappa shape index (κ1) is 12.8. The summed E-state index contributed by atoms with van der Waals surface area (Å²) in [5.41, 5.74) is -1.47. The van der Waals surface area contributed by atoms with E-state index in [0.717, 1.165) is 12.1 Å². The second-order valence-corrected chi connectivity index (χ2v) is 4.15. The van der Waals surface area contributed by atoms with Gasteiger partial charge in [0.25, 0.3) is 5.69 Å². The van der Waals surface area contributed by atoms with E-state index in [0.29, 0.717) is 0 Å². The van der Waals surface area contributed by atoms with Crippen LogP contribution in [0.3, 0.4) is 0 Å². The van der Waals surface area contributed by atoms with E-state index in [-0.39, 0.29) is 0 Å². The summed E-state index contributed by atoms with van der Waals surface area (Å²) in [6.45, 7) is 0. The second-order valence-electron chi connectivity index (χ2n) is 2.77. The molecule has 2 N–H and O–H groups in total. The summed E-state index contributed by atoms with van der Waals surface area (Å²) in [4.78, 5) is 20.2. The topological polar surface area (TPSA) is 150 Å². The molecule has 0 saturated heterocycles. The number of para-hydroxylation sites is 2. The van der Waals surface area contributed by atoms with E-state index < -0.39 is 36.0 Å². The number of benzene rings is 1. The lowest BCUT2D eigenvalue weighted by molar-refractivity contribution is -0.476. The molecule has 0 saturated carbocycles. The molecule has 0 radical (unpaired) electrons. The minimum atomic E-state index is -4.74. The zero-order chi connectivity index (χ0) is 13.2. The Hall–Kier alpha value is -2.27. The van der Waals surface area contributed by atoms with Gasteiger partial charge in [-0.3, -0.25) is 10.1 Å². The number of nitrogens with zero attached hydrogens (tertiary/aromatic N) is 3. The molecule has 0 fully saturated rings. The van der Waals surface area contributed by atoms with Crippen molar-refractivity contribution >= 4 is 21.6 Å². The summed E-state index contributed by atoms with van der Waals surface area (Å²) >= 11 is 0. The standard InChI is InChI=1S/C6H6N4O6S/c7-17(15,16)8(10(13)14)5-3-1-2-4-6(5)9(11)12/h1-4H,(H2,7,15,16). The number of hydrogen-bond acceptors (Lipinski definition) is 6. The average molecular weight is 262 g/mol. The van der Waals surface area contributed by atoms with Crippen molar-refractivity contribution in [1.82, 2.24) is 0 Å². The van der Waals surface area contributed by atoms with Gasteiger partial charge in [0.05, 0.1) is 4.92 Å². The van der Waals surface area contributed by atoms with Crippen LogP contribution in [-0.2, 0) is 10.2 Å². The van der Waals surface area contributed by atoms with Crippen LogP contribution in [0.4, 0.5) is 11.4 Å². The predicted molar refractivity (Wildman–Crippen MR) is 55.7 cm³/mol. The van der Waals surface area contributed by atoms with Crippen molar-refractivity contribution in [3.63, 3.8) is 0 Å². The summed E-state index contributed by atoms with van der Waals surface area (Å²) in [7, 11) is -4.74. The molecule has 0 aliphatic rings. The molecule has 0 bridgehead atoms. The van der Waals surface area contributed by atoms with Crippen LogP contribution < -0.4 is 9.55 Å². The maximum absolute atomic E-state index is 11.0. The van der Waals surface area contributed by atoms with Gasteiger partial charge in [-0.25, -0.2) is 15.3 Å². The quantitative estimate of drug-likeness (QED) is 0.586. The van der Waals surface area contributed by atoms with E-state index in [1.165, 1.54) is 12.1 Å². The number of hydrazine groups is 1. The molecule has 0 aliphatic heterocycles. The highest BCUT2D eigenvalue weighted by Gasteiger charge is 2.35. The smallest absolute Gasteiger partial charge is 0.258 e. The van der Waals surface area contributed by atoms with Gasteiger partial charge in [-0.2, -0.15) is 8.42 Å². The Balaban J connectivity index is 3.50. The molecule has 10 nitrogen and oxygen atoms in total. The highest BCUT2D eigenvalue weighted by atomic mass is 32.2. The Kier molecular flexibility index (Phi) is 3.24. The van der Waals surface area contributed by atoms with Gasteiger partial charge in [0, 0.05) is 10.5 Å². The fourth-order valence-corrected chi connectivity index (χ4v) is 1.71. The molecule has 0 spiro atoms. The van der Waals surface area contributed by atoms with Crippen molar-refractivity contribution in [3.05, 3.63) is 44.5 Å². The maximum atomic E-state index is 11.0. The molecule has 0 atom stereocenters. The van der Waals surface area contributed by atoms with E-state index >= 15 is 0 Å². The van der Waals surface area contributed by atoms with Crippen LogP contribution in [0.25, 0.3) is 0 Å². The maximum Gasteiger partial charge on any atom is 0.353 e. The van der Waals surface area contributed by atoms with Gasteiger partial charge in [0.15, 0.2) is 5.03 Å². The second kappa shape index (κ2) is 4.31. The van der Waals surface area contributed by atoms with E-state index in [1.807, 2.05) is 0 Å². The molecule has 0 amide bonds. The molecule has 0 aromatic heterocycles. The molecule has 1 aromatic rings. The Morgan fingerprint density at radius 3 is 2.12 bits per heavy atom. The number of nitro benzene ring substituents is 1. The van der Waals surface area contributed by atoms with E-state index in [4.69, 9.17) is 0 Å². The van der Waals surface area contributed by atoms with Gasteiger partial charge in [0.2, 0.25) is 5.69 Å². The predicted octanol–water partition coefficient (Wildman–Crippen LogP) is -0.204. The summed E-state index contributed by atoms with van der Waals surface area (Å²) in [6, 6.07) is 4.29. The summed E-state index contributed by atoms with van der Waals surface area (Å²) < 4.78 is 21.5. The monoisotopic (exact) mass is 262 g/mol. The number of hydrogen-bond donors (Lipinski definition) is 1. The van der Waals surface area contributed by atoms with Crippen molar-refractivity contribution in [3.8, 4) is 0 Å². The molecule has 92 valence electrons. The Labute approximate surface area is 94.7 Å². The third-order valence-electron chi connectivity index (χ3n) is 1.67. The zero-order valence-corrected chi connectivity index (χ0v) is 8.90. The molecule has 11 heteroatoms. The van der Waals surface area contributed by atoms with E-state index in [1.54, 1.807) is 0 Å².